The fraction of sp³-hybridized carbons (Fsp3) is 0.450. The van der Waals surface area contributed by atoms with Crippen molar-refractivity contribution in [3.8, 4) is 11.1 Å². The highest BCUT2D eigenvalue weighted by Gasteiger charge is 2.19. The summed E-state index contributed by atoms with van der Waals surface area (Å²) in [7, 11) is 0. The van der Waals surface area contributed by atoms with Crippen LogP contribution >= 0.6 is 0 Å². The summed E-state index contributed by atoms with van der Waals surface area (Å²) in [5.41, 5.74) is 3.24. The number of nitrogens with zero attached hydrogens (tertiary/aromatic N) is 3. The van der Waals surface area contributed by atoms with Gasteiger partial charge in [0.1, 0.15) is 5.82 Å². The number of hydrogen-bond acceptors (Lipinski definition) is 5. The number of aliphatic hydroxyl groups is 1. The third kappa shape index (κ3) is 3.78. The molecule has 3 heterocycles. The molecule has 1 aromatic heterocycles. The van der Waals surface area contributed by atoms with E-state index in [1.54, 1.807) is 0 Å². The van der Waals surface area contributed by atoms with E-state index in [9.17, 15) is 5.11 Å². The van der Waals surface area contributed by atoms with Gasteiger partial charge in [0.15, 0.2) is 0 Å². The Hall–Kier alpha value is -2.11. The molecule has 131 valence electrons. The highest BCUT2D eigenvalue weighted by atomic mass is 16.5. The lowest BCUT2D eigenvalue weighted by Crippen LogP contribution is -2.38. The fourth-order valence-electron chi connectivity index (χ4n) is 3.51. The molecule has 5 nitrogen and oxygen atoms in total. The predicted molar refractivity (Wildman–Crippen MR) is 99.0 cm³/mol. The smallest absolute Gasteiger partial charge is 0.128 e. The summed E-state index contributed by atoms with van der Waals surface area (Å²) in [6, 6.07) is 13.9. The number of ether oxygens (including phenoxy) is 1. The van der Waals surface area contributed by atoms with E-state index in [1.807, 2.05) is 12.3 Å². The molecule has 0 bridgehead atoms. The molecule has 2 aromatic rings. The maximum absolute atomic E-state index is 9.84. The van der Waals surface area contributed by atoms with Gasteiger partial charge in [0.05, 0.1) is 19.3 Å². The van der Waals surface area contributed by atoms with E-state index >= 15 is 0 Å². The summed E-state index contributed by atoms with van der Waals surface area (Å²) >= 11 is 0. The number of piperidine rings is 1. The van der Waals surface area contributed by atoms with Crippen LogP contribution in [-0.4, -0.2) is 55.6 Å². The summed E-state index contributed by atoms with van der Waals surface area (Å²) in [4.78, 5) is 9.08. The van der Waals surface area contributed by atoms with Crippen LogP contribution in [0.25, 0.3) is 11.1 Å². The molecule has 1 atom stereocenters. The van der Waals surface area contributed by atoms with Gasteiger partial charge in [-0.1, -0.05) is 12.1 Å². The van der Waals surface area contributed by atoms with E-state index in [0.29, 0.717) is 6.54 Å². The van der Waals surface area contributed by atoms with Crippen molar-refractivity contribution in [3.05, 3.63) is 42.6 Å². The van der Waals surface area contributed by atoms with Gasteiger partial charge < -0.3 is 19.6 Å². The lowest BCUT2D eigenvalue weighted by molar-refractivity contribution is 0.122. The van der Waals surface area contributed by atoms with Crippen molar-refractivity contribution in [2.45, 2.75) is 18.9 Å². The molecule has 2 fully saturated rings. The maximum Gasteiger partial charge on any atom is 0.128 e. The van der Waals surface area contributed by atoms with Crippen molar-refractivity contribution in [2.75, 3.05) is 49.2 Å². The van der Waals surface area contributed by atoms with Gasteiger partial charge in [-0.05, 0) is 36.6 Å². The van der Waals surface area contributed by atoms with Crippen molar-refractivity contribution in [1.82, 2.24) is 4.98 Å². The minimum Gasteiger partial charge on any atom is -0.391 e. The average Bonchev–Trinajstić information content (AvgIpc) is 2.69. The Bertz CT molecular complexity index is 698. The van der Waals surface area contributed by atoms with Gasteiger partial charge in [-0.25, -0.2) is 4.98 Å². The number of hydrogen-bond donors (Lipinski definition) is 1. The second-order valence-corrected chi connectivity index (χ2v) is 6.70. The molecule has 5 heteroatoms. The highest BCUT2D eigenvalue weighted by molar-refractivity contribution is 5.68. The Balaban J connectivity index is 1.51. The second kappa shape index (κ2) is 7.42. The van der Waals surface area contributed by atoms with Crippen LogP contribution in [0.3, 0.4) is 0 Å². The topological polar surface area (TPSA) is 48.8 Å². The molecular weight excluding hydrogens is 314 g/mol. The fourth-order valence-corrected chi connectivity index (χ4v) is 3.51. The summed E-state index contributed by atoms with van der Waals surface area (Å²) in [5.74, 6) is 0.937. The monoisotopic (exact) mass is 338 g/mol. The van der Waals surface area contributed by atoms with Crippen LogP contribution in [0.5, 0.6) is 0 Å². The molecule has 0 spiro atoms. The number of β-amino-alcohol motifs (C(OH)–C–C–N with tert-alkyl or cyclic N) is 1. The first-order valence-electron chi connectivity index (χ1n) is 9.04. The number of aromatic nitrogens is 1. The molecule has 2 aliphatic rings. The van der Waals surface area contributed by atoms with Crippen LogP contribution in [0.1, 0.15) is 12.8 Å². The van der Waals surface area contributed by atoms with Gasteiger partial charge in [-0.2, -0.15) is 0 Å². The number of benzene rings is 1. The van der Waals surface area contributed by atoms with Gasteiger partial charge in [-0.3, -0.25) is 0 Å². The molecule has 0 aliphatic carbocycles. The van der Waals surface area contributed by atoms with Crippen LogP contribution in [-0.2, 0) is 4.74 Å². The molecule has 2 aliphatic heterocycles. The molecule has 0 unspecified atom stereocenters. The molecular formula is C20H24N3O2. The van der Waals surface area contributed by atoms with Gasteiger partial charge >= 0.3 is 0 Å². The Morgan fingerprint density at radius 1 is 1.08 bits per heavy atom. The molecule has 25 heavy (non-hydrogen) atoms. The third-order valence-electron chi connectivity index (χ3n) is 4.91. The Kier molecular flexibility index (Phi) is 4.85. The third-order valence-corrected chi connectivity index (χ3v) is 4.91. The number of morpholine rings is 1. The molecule has 1 aromatic carbocycles. The van der Waals surface area contributed by atoms with Gasteiger partial charge in [0, 0.05) is 49.7 Å². The zero-order chi connectivity index (χ0) is 17.1. The lowest BCUT2D eigenvalue weighted by Gasteiger charge is -2.31. The first-order chi connectivity index (χ1) is 12.3. The molecule has 0 amide bonds. The molecule has 4 rings (SSSR count). The van der Waals surface area contributed by atoms with Gasteiger partial charge in [0.2, 0.25) is 0 Å². The number of aliphatic hydroxyl groups excluding tert-OH is 1. The Labute approximate surface area is 148 Å². The standard InChI is InChI=1S/C20H24N3O2/c24-19-5-2-8-23(15-19)20-7-6-17(14-21-20)16-3-1-4-18(13-16)22-9-11-25-12-10-22/h1,3-4,6-7,14,19,24H,2,5,8-12,15H2/t19-/m0/s1. The normalized spacial score (nSPS) is 21.4. The van der Waals surface area contributed by atoms with Crippen LogP contribution in [0, 0.1) is 6.07 Å². The van der Waals surface area contributed by atoms with Gasteiger partial charge in [-0.15, -0.1) is 0 Å². The first kappa shape index (κ1) is 16.4. The quantitative estimate of drug-likeness (QED) is 0.931. The van der Waals surface area contributed by atoms with E-state index in [2.05, 4.69) is 45.1 Å². The minimum atomic E-state index is -0.242. The largest absolute Gasteiger partial charge is 0.391 e. The van der Waals surface area contributed by atoms with Crippen LogP contribution in [0.4, 0.5) is 11.5 Å². The van der Waals surface area contributed by atoms with Crippen molar-refractivity contribution in [2.24, 2.45) is 0 Å². The van der Waals surface area contributed by atoms with Crippen LogP contribution < -0.4 is 9.80 Å². The summed E-state index contributed by atoms with van der Waals surface area (Å²) in [6.07, 6.45) is 3.57. The van der Waals surface area contributed by atoms with Crippen molar-refractivity contribution in [1.29, 1.82) is 0 Å². The molecule has 1 N–H and O–H groups in total. The zero-order valence-electron chi connectivity index (χ0n) is 14.4. The van der Waals surface area contributed by atoms with E-state index in [-0.39, 0.29) is 6.10 Å². The maximum atomic E-state index is 9.84. The number of pyridine rings is 1. The SMILES string of the molecule is O[C@H]1CCCN(c2ccc(-c3[c]c(N4CCOCC4)ccc3)cn2)C1. The minimum absolute atomic E-state index is 0.242. The molecule has 1 radical (unpaired) electrons. The Morgan fingerprint density at radius 2 is 1.96 bits per heavy atom. The van der Waals surface area contributed by atoms with E-state index < -0.39 is 0 Å². The van der Waals surface area contributed by atoms with Crippen molar-refractivity contribution in [3.63, 3.8) is 0 Å². The van der Waals surface area contributed by atoms with Crippen LogP contribution in [0.15, 0.2) is 36.5 Å². The lowest BCUT2D eigenvalue weighted by atomic mass is 10.1. The van der Waals surface area contributed by atoms with Crippen molar-refractivity contribution < 1.29 is 9.84 Å². The van der Waals surface area contributed by atoms with Crippen molar-refractivity contribution >= 4 is 11.5 Å². The first-order valence-corrected chi connectivity index (χ1v) is 9.04. The number of anilines is 2. The summed E-state index contributed by atoms with van der Waals surface area (Å²) in [5, 5.41) is 9.84. The Morgan fingerprint density at radius 3 is 2.72 bits per heavy atom. The van der Waals surface area contributed by atoms with E-state index in [1.165, 1.54) is 0 Å². The number of rotatable bonds is 3. The zero-order valence-corrected chi connectivity index (χ0v) is 14.4. The predicted octanol–water partition coefficient (Wildman–Crippen LogP) is 2.35. The summed E-state index contributed by atoms with van der Waals surface area (Å²) < 4.78 is 5.43. The second-order valence-electron chi connectivity index (χ2n) is 6.70. The van der Waals surface area contributed by atoms with Crippen LogP contribution in [0.2, 0.25) is 0 Å². The highest BCUT2D eigenvalue weighted by Crippen LogP contribution is 2.26. The summed E-state index contributed by atoms with van der Waals surface area (Å²) in [6.45, 7) is 5.00. The van der Waals surface area contributed by atoms with E-state index in [4.69, 9.17) is 4.74 Å². The average molecular weight is 338 g/mol. The molecule has 2 saturated heterocycles. The van der Waals surface area contributed by atoms with Gasteiger partial charge in [0.25, 0.3) is 0 Å². The molecule has 0 saturated carbocycles. The van der Waals surface area contributed by atoms with E-state index in [0.717, 1.165) is 68.3 Å².